The highest BCUT2D eigenvalue weighted by atomic mass is 16.5. The number of rotatable bonds is 6. The van der Waals surface area contributed by atoms with Gasteiger partial charge in [-0.05, 0) is 6.07 Å². The lowest BCUT2D eigenvalue weighted by Gasteiger charge is -2.12. The molecule has 0 aliphatic carbocycles. The Bertz CT molecular complexity index is 330. The minimum absolute atomic E-state index is 0.0433. The summed E-state index contributed by atoms with van der Waals surface area (Å²) in [7, 11) is 1.56. The van der Waals surface area contributed by atoms with Crippen LogP contribution in [0.3, 0.4) is 0 Å². The Morgan fingerprint density at radius 2 is 2.19 bits per heavy atom. The fourth-order valence-corrected chi connectivity index (χ4v) is 1.23. The predicted molar refractivity (Wildman–Crippen MR) is 59.5 cm³/mol. The summed E-state index contributed by atoms with van der Waals surface area (Å²) in [6.45, 7) is 0.113. The van der Waals surface area contributed by atoms with Gasteiger partial charge < -0.3 is 25.4 Å². The Hall–Kier alpha value is -1.30. The molecule has 0 unspecified atom stereocenters. The fraction of sp³-hybridized carbons (Fsp3) is 0.455. The van der Waals surface area contributed by atoms with Crippen molar-refractivity contribution in [2.24, 2.45) is 5.73 Å². The van der Waals surface area contributed by atoms with E-state index in [1.165, 1.54) is 0 Å². The molecule has 1 atom stereocenters. The normalized spacial score (nSPS) is 12.2. The van der Waals surface area contributed by atoms with Crippen LogP contribution in [0.25, 0.3) is 0 Å². The van der Waals surface area contributed by atoms with Gasteiger partial charge in [0, 0.05) is 18.2 Å². The van der Waals surface area contributed by atoms with Crippen molar-refractivity contribution >= 4 is 0 Å². The molecule has 0 amide bonds. The molecule has 1 aromatic rings. The van der Waals surface area contributed by atoms with Crippen LogP contribution in [0.15, 0.2) is 18.2 Å². The fourth-order valence-electron chi connectivity index (χ4n) is 1.23. The van der Waals surface area contributed by atoms with Gasteiger partial charge in [-0.3, -0.25) is 0 Å². The zero-order valence-corrected chi connectivity index (χ0v) is 9.22. The van der Waals surface area contributed by atoms with Gasteiger partial charge in [0.2, 0.25) is 0 Å². The highest BCUT2D eigenvalue weighted by molar-refractivity contribution is 5.40. The molecule has 0 heterocycles. The Morgan fingerprint density at radius 3 is 2.75 bits per heavy atom. The predicted octanol–water partition coefficient (Wildman–Crippen LogP) is -0.114. The molecule has 0 spiro atoms. The molecule has 1 rings (SSSR count). The van der Waals surface area contributed by atoms with Gasteiger partial charge in [0.15, 0.2) is 0 Å². The smallest absolute Gasteiger partial charge is 0.127 e. The number of aliphatic hydroxyl groups is 2. The van der Waals surface area contributed by atoms with Crippen LogP contribution in [-0.2, 0) is 6.54 Å². The first-order valence-electron chi connectivity index (χ1n) is 5.00. The summed E-state index contributed by atoms with van der Waals surface area (Å²) in [6, 6.07) is 5.25. The Balaban J connectivity index is 2.67. The van der Waals surface area contributed by atoms with Gasteiger partial charge in [0.1, 0.15) is 24.2 Å². The summed E-state index contributed by atoms with van der Waals surface area (Å²) >= 11 is 0. The molecule has 0 aliphatic heterocycles. The highest BCUT2D eigenvalue weighted by Gasteiger charge is 2.06. The summed E-state index contributed by atoms with van der Waals surface area (Å²) < 4.78 is 10.4. The molecule has 1 aromatic carbocycles. The van der Waals surface area contributed by atoms with Crippen molar-refractivity contribution in [1.82, 2.24) is 0 Å². The molecule has 0 aliphatic rings. The van der Waals surface area contributed by atoms with E-state index in [2.05, 4.69) is 0 Å². The van der Waals surface area contributed by atoms with E-state index < -0.39 is 6.10 Å². The Labute approximate surface area is 94.4 Å². The summed E-state index contributed by atoms with van der Waals surface area (Å²) in [5, 5.41) is 17.7. The maximum atomic E-state index is 9.12. The van der Waals surface area contributed by atoms with Crippen molar-refractivity contribution in [3.8, 4) is 11.5 Å². The van der Waals surface area contributed by atoms with Gasteiger partial charge in [-0.2, -0.15) is 0 Å². The molecule has 5 nitrogen and oxygen atoms in total. The van der Waals surface area contributed by atoms with Crippen molar-refractivity contribution in [3.05, 3.63) is 23.8 Å². The van der Waals surface area contributed by atoms with Crippen LogP contribution in [0.4, 0.5) is 0 Å². The third-order valence-corrected chi connectivity index (χ3v) is 2.13. The first-order chi connectivity index (χ1) is 7.71. The van der Waals surface area contributed by atoms with Gasteiger partial charge in [-0.25, -0.2) is 0 Å². The van der Waals surface area contributed by atoms with E-state index >= 15 is 0 Å². The van der Waals surface area contributed by atoms with E-state index in [1.807, 2.05) is 0 Å². The van der Waals surface area contributed by atoms with Crippen LogP contribution < -0.4 is 15.2 Å². The van der Waals surface area contributed by atoms with E-state index in [9.17, 15) is 0 Å². The van der Waals surface area contributed by atoms with Gasteiger partial charge in [0.05, 0.1) is 13.7 Å². The van der Waals surface area contributed by atoms with Gasteiger partial charge in [-0.15, -0.1) is 0 Å². The molecule has 5 heteroatoms. The largest absolute Gasteiger partial charge is 0.496 e. The minimum atomic E-state index is -0.875. The molecule has 0 bridgehead atoms. The Kier molecular flexibility index (Phi) is 5.04. The molecule has 0 saturated heterocycles. The highest BCUT2D eigenvalue weighted by Crippen LogP contribution is 2.24. The monoisotopic (exact) mass is 227 g/mol. The van der Waals surface area contributed by atoms with E-state index in [4.69, 9.17) is 25.4 Å². The van der Waals surface area contributed by atoms with Crippen LogP contribution in [0, 0.1) is 0 Å². The number of methoxy groups -OCH3 is 1. The molecule has 0 saturated carbocycles. The average molecular weight is 227 g/mol. The molecule has 0 aromatic heterocycles. The lowest BCUT2D eigenvalue weighted by atomic mass is 10.2. The number of benzene rings is 1. The Morgan fingerprint density at radius 1 is 1.44 bits per heavy atom. The van der Waals surface area contributed by atoms with E-state index in [1.54, 1.807) is 25.3 Å². The molecule has 4 N–H and O–H groups in total. The van der Waals surface area contributed by atoms with Crippen LogP contribution in [-0.4, -0.2) is 36.6 Å². The van der Waals surface area contributed by atoms with Crippen molar-refractivity contribution in [2.75, 3.05) is 20.3 Å². The van der Waals surface area contributed by atoms with Crippen molar-refractivity contribution < 1.29 is 19.7 Å². The third kappa shape index (κ3) is 3.37. The first-order valence-corrected chi connectivity index (χ1v) is 5.00. The molecule has 90 valence electrons. The van der Waals surface area contributed by atoms with Gasteiger partial charge in [0.25, 0.3) is 0 Å². The van der Waals surface area contributed by atoms with Crippen LogP contribution in [0.5, 0.6) is 11.5 Å². The summed E-state index contributed by atoms with van der Waals surface area (Å²) in [4.78, 5) is 0. The minimum Gasteiger partial charge on any atom is -0.496 e. The number of nitrogens with two attached hydrogens (primary N) is 1. The zero-order valence-electron chi connectivity index (χ0n) is 9.22. The lowest BCUT2D eigenvalue weighted by molar-refractivity contribution is 0.0535. The number of ether oxygens (including phenoxy) is 2. The summed E-state index contributed by atoms with van der Waals surface area (Å²) in [5.74, 6) is 1.22. The van der Waals surface area contributed by atoms with Crippen LogP contribution in [0.1, 0.15) is 5.56 Å². The van der Waals surface area contributed by atoms with Gasteiger partial charge >= 0.3 is 0 Å². The quantitative estimate of drug-likeness (QED) is 0.631. The molecule has 0 radical (unpaired) electrons. The number of aliphatic hydroxyl groups excluding tert-OH is 2. The number of hydrogen-bond donors (Lipinski definition) is 3. The van der Waals surface area contributed by atoms with Crippen LogP contribution >= 0.6 is 0 Å². The maximum absolute atomic E-state index is 9.12. The third-order valence-electron chi connectivity index (χ3n) is 2.13. The average Bonchev–Trinajstić information content (AvgIpc) is 2.35. The van der Waals surface area contributed by atoms with Crippen molar-refractivity contribution in [1.29, 1.82) is 0 Å². The lowest BCUT2D eigenvalue weighted by Crippen LogP contribution is -2.21. The SMILES string of the molecule is COc1cc(OC[C@H](O)CO)ccc1CN. The molecule has 16 heavy (non-hydrogen) atoms. The zero-order chi connectivity index (χ0) is 12.0. The second-order valence-electron chi connectivity index (χ2n) is 3.33. The molecular formula is C11H17NO4. The maximum Gasteiger partial charge on any atom is 0.127 e. The van der Waals surface area contributed by atoms with E-state index in [0.717, 1.165) is 5.56 Å². The van der Waals surface area contributed by atoms with Gasteiger partial charge in [-0.1, -0.05) is 6.07 Å². The van der Waals surface area contributed by atoms with E-state index in [-0.39, 0.29) is 13.2 Å². The second kappa shape index (κ2) is 6.32. The van der Waals surface area contributed by atoms with Crippen molar-refractivity contribution in [2.45, 2.75) is 12.6 Å². The summed E-state index contributed by atoms with van der Waals surface area (Å²) in [5.41, 5.74) is 6.41. The number of hydrogen-bond acceptors (Lipinski definition) is 5. The first kappa shape index (κ1) is 12.8. The topological polar surface area (TPSA) is 84.9 Å². The van der Waals surface area contributed by atoms with Crippen molar-refractivity contribution in [3.63, 3.8) is 0 Å². The summed E-state index contributed by atoms with van der Waals surface area (Å²) in [6.07, 6.45) is -0.875. The molecular weight excluding hydrogens is 210 g/mol. The second-order valence-corrected chi connectivity index (χ2v) is 3.33. The van der Waals surface area contributed by atoms with Crippen LogP contribution in [0.2, 0.25) is 0 Å². The van der Waals surface area contributed by atoms with E-state index in [0.29, 0.717) is 18.0 Å². The standard InChI is InChI=1S/C11H17NO4/c1-15-11-4-10(3-2-8(11)5-12)16-7-9(14)6-13/h2-4,9,13-14H,5-7,12H2,1H3/t9-/m1/s1. The molecule has 0 fully saturated rings.